The van der Waals surface area contributed by atoms with Crippen molar-refractivity contribution in [2.45, 2.75) is 20.4 Å². The molecule has 0 saturated heterocycles. The lowest BCUT2D eigenvalue weighted by Gasteiger charge is -2.19. The first-order valence-electron chi connectivity index (χ1n) is 7.50. The van der Waals surface area contributed by atoms with E-state index in [2.05, 4.69) is 29.0 Å². The summed E-state index contributed by atoms with van der Waals surface area (Å²) in [5.41, 5.74) is 15.7. The highest BCUT2D eigenvalue weighted by Gasteiger charge is 2.07. The van der Waals surface area contributed by atoms with E-state index in [-0.39, 0.29) is 0 Å². The maximum Gasteiger partial charge on any atom is 0.0903 e. The van der Waals surface area contributed by atoms with Gasteiger partial charge in [0.15, 0.2) is 0 Å². The van der Waals surface area contributed by atoms with E-state index in [1.54, 1.807) is 0 Å². The van der Waals surface area contributed by atoms with Crippen LogP contribution in [0, 0.1) is 0 Å². The predicted molar refractivity (Wildman–Crippen MR) is 92.5 cm³/mol. The van der Waals surface area contributed by atoms with E-state index < -0.39 is 0 Å². The molecule has 0 aliphatic carbocycles. The highest BCUT2D eigenvalue weighted by Crippen LogP contribution is 2.26. The SMILES string of the molecule is CCN(CC)Cc1cc(N)ccc1N=Nc1ccc(N)cc1. The van der Waals surface area contributed by atoms with Crippen molar-refractivity contribution in [2.75, 3.05) is 24.6 Å². The van der Waals surface area contributed by atoms with Crippen molar-refractivity contribution in [1.29, 1.82) is 0 Å². The average Bonchev–Trinajstić information content (AvgIpc) is 2.53. The summed E-state index contributed by atoms with van der Waals surface area (Å²) in [6, 6.07) is 13.1. The predicted octanol–water partition coefficient (Wildman–Crippen LogP) is 4.11. The van der Waals surface area contributed by atoms with Crippen LogP contribution in [0.15, 0.2) is 52.7 Å². The number of nitrogens with two attached hydrogens (primary N) is 2. The van der Waals surface area contributed by atoms with Gasteiger partial charge in [-0.15, -0.1) is 0 Å². The molecular formula is C17H23N5. The van der Waals surface area contributed by atoms with E-state index in [1.165, 1.54) is 0 Å². The fourth-order valence-corrected chi connectivity index (χ4v) is 2.17. The summed E-state index contributed by atoms with van der Waals surface area (Å²) in [4.78, 5) is 2.32. The van der Waals surface area contributed by atoms with Gasteiger partial charge in [-0.1, -0.05) is 13.8 Å². The zero-order valence-electron chi connectivity index (χ0n) is 13.2. The summed E-state index contributed by atoms with van der Waals surface area (Å²) in [6.45, 7) is 7.07. The van der Waals surface area contributed by atoms with Crippen molar-refractivity contribution in [1.82, 2.24) is 4.90 Å². The van der Waals surface area contributed by atoms with Gasteiger partial charge in [0.05, 0.1) is 11.4 Å². The molecule has 0 atom stereocenters. The normalized spacial score (nSPS) is 11.4. The van der Waals surface area contributed by atoms with Crippen molar-refractivity contribution >= 4 is 22.7 Å². The number of anilines is 2. The molecule has 0 heterocycles. The van der Waals surface area contributed by atoms with Gasteiger partial charge in [-0.25, -0.2) is 0 Å². The molecule has 0 fully saturated rings. The lowest BCUT2D eigenvalue weighted by Crippen LogP contribution is -2.22. The Hall–Kier alpha value is -2.40. The molecule has 116 valence electrons. The van der Waals surface area contributed by atoms with Crippen LogP contribution < -0.4 is 11.5 Å². The molecule has 5 nitrogen and oxygen atoms in total. The van der Waals surface area contributed by atoms with Gasteiger partial charge in [-0.2, -0.15) is 10.2 Å². The molecule has 22 heavy (non-hydrogen) atoms. The van der Waals surface area contributed by atoms with Gasteiger partial charge in [0.1, 0.15) is 0 Å². The third-order valence-corrected chi connectivity index (χ3v) is 3.56. The second-order valence-corrected chi connectivity index (χ2v) is 5.14. The first kappa shape index (κ1) is 16.0. The number of hydrogen-bond donors (Lipinski definition) is 2. The Morgan fingerprint density at radius 1 is 0.864 bits per heavy atom. The van der Waals surface area contributed by atoms with E-state index in [0.717, 1.165) is 42.3 Å². The zero-order chi connectivity index (χ0) is 15.9. The quantitative estimate of drug-likeness (QED) is 0.622. The molecule has 2 aromatic rings. The maximum atomic E-state index is 5.91. The van der Waals surface area contributed by atoms with Gasteiger partial charge >= 0.3 is 0 Å². The monoisotopic (exact) mass is 297 g/mol. The van der Waals surface area contributed by atoms with Gasteiger partial charge in [0, 0.05) is 17.9 Å². The van der Waals surface area contributed by atoms with Crippen molar-refractivity contribution in [3.05, 3.63) is 48.0 Å². The van der Waals surface area contributed by atoms with Crippen LogP contribution >= 0.6 is 0 Å². The largest absolute Gasteiger partial charge is 0.399 e. The minimum absolute atomic E-state index is 0.716. The molecule has 4 N–H and O–H groups in total. The van der Waals surface area contributed by atoms with Crippen molar-refractivity contribution in [2.24, 2.45) is 10.2 Å². The highest BCUT2D eigenvalue weighted by atomic mass is 15.1. The molecule has 0 spiro atoms. The van der Waals surface area contributed by atoms with E-state index >= 15 is 0 Å². The molecule has 0 unspecified atom stereocenters. The summed E-state index contributed by atoms with van der Waals surface area (Å²) in [5.74, 6) is 0. The van der Waals surface area contributed by atoms with E-state index in [0.29, 0.717) is 5.69 Å². The zero-order valence-corrected chi connectivity index (χ0v) is 13.2. The fourth-order valence-electron chi connectivity index (χ4n) is 2.17. The van der Waals surface area contributed by atoms with Gasteiger partial charge in [-0.05, 0) is 61.1 Å². The molecule has 0 aliphatic heterocycles. The lowest BCUT2D eigenvalue weighted by atomic mass is 10.1. The summed E-state index contributed by atoms with van der Waals surface area (Å²) in [6.07, 6.45) is 0. The number of benzene rings is 2. The fraction of sp³-hybridized carbons (Fsp3) is 0.294. The molecule has 0 radical (unpaired) electrons. The Balaban J connectivity index is 2.24. The van der Waals surface area contributed by atoms with Crippen LogP contribution in [0.1, 0.15) is 19.4 Å². The molecule has 0 saturated carbocycles. The van der Waals surface area contributed by atoms with E-state index in [4.69, 9.17) is 11.5 Å². The Labute approximate surface area is 131 Å². The van der Waals surface area contributed by atoms with Crippen LogP contribution in [-0.2, 0) is 6.54 Å². The van der Waals surface area contributed by atoms with Gasteiger partial charge in [-0.3, -0.25) is 4.90 Å². The number of azo groups is 1. The third kappa shape index (κ3) is 4.30. The molecule has 0 bridgehead atoms. The van der Waals surface area contributed by atoms with Gasteiger partial charge in [0.2, 0.25) is 0 Å². The van der Waals surface area contributed by atoms with Crippen LogP contribution in [0.3, 0.4) is 0 Å². The topological polar surface area (TPSA) is 80.0 Å². The molecular weight excluding hydrogens is 274 g/mol. The standard InChI is InChI=1S/C17H23N5/c1-3-22(4-2)12-13-11-15(19)7-10-17(13)21-20-16-8-5-14(18)6-9-16/h5-11H,3-4,12,18-19H2,1-2H3. The van der Waals surface area contributed by atoms with Crippen molar-refractivity contribution in [3.8, 4) is 0 Å². The van der Waals surface area contributed by atoms with Crippen molar-refractivity contribution in [3.63, 3.8) is 0 Å². The van der Waals surface area contributed by atoms with Gasteiger partial charge in [0.25, 0.3) is 0 Å². The molecule has 0 aliphatic rings. The number of nitrogens with zero attached hydrogens (tertiary/aromatic N) is 3. The Kier molecular flexibility index (Phi) is 5.49. The first-order valence-corrected chi connectivity index (χ1v) is 7.50. The van der Waals surface area contributed by atoms with Crippen LogP contribution in [0.25, 0.3) is 0 Å². The molecule has 2 aromatic carbocycles. The second kappa shape index (κ2) is 7.56. The summed E-state index contributed by atoms with van der Waals surface area (Å²) in [5, 5.41) is 8.65. The Morgan fingerprint density at radius 3 is 2.14 bits per heavy atom. The summed E-state index contributed by atoms with van der Waals surface area (Å²) >= 11 is 0. The van der Waals surface area contributed by atoms with Crippen LogP contribution in [0.4, 0.5) is 22.7 Å². The van der Waals surface area contributed by atoms with Gasteiger partial charge < -0.3 is 11.5 Å². The first-order chi connectivity index (χ1) is 10.6. The smallest absolute Gasteiger partial charge is 0.0903 e. The maximum absolute atomic E-state index is 5.91. The number of rotatable bonds is 6. The minimum Gasteiger partial charge on any atom is -0.399 e. The number of nitrogen functional groups attached to an aromatic ring is 2. The van der Waals surface area contributed by atoms with Crippen LogP contribution in [0.2, 0.25) is 0 Å². The lowest BCUT2D eigenvalue weighted by molar-refractivity contribution is 0.296. The van der Waals surface area contributed by atoms with E-state index in [1.807, 2.05) is 42.5 Å². The Bertz CT molecular complexity index is 630. The number of hydrogen-bond acceptors (Lipinski definition) is 5. The highest BCUT2D eigenvalue weighted by molar-refractivity contribution is 5.55. The van der Waals surface area contributed by atoms with Crippen LogP contribution in [0.5, 0.6) is 0 Å². The molecule has 5 heteroatoms. The third-order valence-electron chi connectivity index (χ3n) is 3.56. The molecule has 0 amide bonds. The minimum atomic E-state index is 0.716. The molecule has 2 rings (SSSR count). The molecule has 0 aromatic heterocycles. The summed E-state index contributed by atoms with van der Waals surface area (Å²) in [7, 11) is 0. The second-order valence-electron chi connectivity index (χ2n) is 5.14. The average molecular weight is 297 g/mol. The summed E-state index contributed by atoms with van der Waals surface area (Å²) < 4.78 is 0. The van der Waals surface area contributed by atoms with Crippen molar-refractivity contribution < 1.29 is 0 Å². The van der Waals surface area contributed by atoms with E-state index in [9.17, 15) is 0 Å². The van der Waals surface area contributed by atoms with Crippen LogP contribution in [-0.4, -0.2) is 18.0 Å². The Morgan fingerprint density at radius 2 is 1.50 bits per heavy atom.